The first kappa shape index (κ1) is 21.9. The molecule has 0 aliphatic carbocycles. The van der Waals surface area contributed by atoms with Crippen LogP contribution in [0.25, 0.3) is 0 Å². The van der Waals surface area contributed by atoms with Crippen LogP contribution in [0, 0.1) is 5.82 Å². The summed E-state index contributed by atoms with van der Waals surface area (Å²) in [6.07, 6.45) is 0.202. The molecule has 1 atom stereocenters. The number of nitrogens with one attached hydrogen (secondary N) is 1. The molecule has 1 aliphatic heterocycles. The van der Waals surface area contributed by atoms with Crippen LogP contribution >= 0.6 is 0 Å². The summed E-state index contributed by atoms with van der Waals surface area (Å²) in [5.74, 6) is -1.12. The molecule has 0 radical (unpaired) electrons. The van der Waals surface area contributed by atoms with E-state index in [0.29, 0.717) is 11.3 Å². The number of hydrogen-bond acceptors (Lipinski definition) is 4. The second kappa shape index (κ2) is 8.64. The van der Waals surface area contributed by atoms with Gasteiger partial charge in [0.05, 0.1) is 4.90 Å². The molecule has 164 valence electrons. The molecule has 0 unspecified atom stereocenters. The first-order valence-corrected chi connectivity index (χ1v) is 11.5. The van der Waals surface area contributed by atoms with Crippen LogP contribution in [-0.2, 0) is 27.8 Å². The standard InChI is InChI=1S/C24H21FN2O4S/c1-16(28)17-6-10-21(11-7-17)26-24(29)23-14-18-4-2-3-5-19(18)15-27(23)32(30,31)22-12-8-20(25)9-13-22/h2-13,23H,14-15H2,1H3,(H,26,29)/t23-/m0/s1. The highest BCUT2D eigenvalue weighted by Crippen LogP contribution is 2.30. The number of carbonyl (C=O) groups excluding carboxylic acids is 2. The lowest BCUT2D eigenvalue weighted by Gasteiger charge is -2.35. The van der Waals surface area contributed by atoms with Crippen LogP contribution in [0.3, 0.4) is 0 Å². The lowest BCUT2D eigenvalue weighted by Crippen LogP contribution is -2.50. The topological polar surface area (TPSA) is 83.6 Å². The summed E-state index contributed by atoms with van der Waals surface area (Å²) >= 11 is 0. The molecule has 32 heavy (non-hydrogen) atoms. The molecule has 0 spiro atoms. The van der Waals surface area contributed by atoms with E-state index in [1.54, 1.807) is 24.3 Å². The quantitative estimate of drug-likeness (QED) is 0.597. The summed E-state index contributed by atoms with van der Waals surface area (Å²) in [6, 6.07) is 17.3. The Bertz CT molecular complexity index is 1270. The van der Waals surface area contributed by atoms with Crippen LogP contribution < -0.4 is 5.32 Å². The van der Waals surface area contributed by atoms with Gasteiger partial charge in [-0.3, -0.25) is 9.59 Å². The van der Waals surface area contributed by atoms with Crippen LogP contribution in [0.15, 0.2) is 77.7 Å². The van der Waals surface area contributed by atoms with Crippen molar-refractivity contribution in [3.05, 3.63) is 95.3 Å². The maximum atomic E-state index is 13.4. The molecular weight excluding hydrogens is 431 g/mol. The normalized spacial score (nSPS) is 16.2. The van der Waals surface area contributed by atoms with Gasteiger partial charge >= 0.3 is 0 Å². The maximum absolute atomic E-state index is 13.4. The molecule has 4 rings (SSSR count). The molecule has 0 fully saturated rings. The largest absolute Gasteiger partial charge is 0.325 e. The third-order valence-corrected chi connectivity index (χ3v) is 7.36. The number of nitrogens with zero attached hydrogens (tertiary/aromatic N) is 1. The molecule has 6 nitrogen and oxygen atoms in total. The van der Waals surface area contributed by atoms with E-state index in [1.165, 1.54) is 19.1 Å². The van der Waals surface area contributed by atoms with E-state index in [-0.39, 0.29) is 23.6 Å². The summed E-state index contributed by atoms with van der Waals surface area (Å²) in [5, 5.41) is 2.75. The predicted molar refractivity (Wildman–Crippen MR) is 118 cm³/mol. The average molecular weight is 453 g/mol. The van der Waals surface area contributed by atoms with Crippen molar-refractivity contribution < 1.29 is 22.4 Å². The minimum Gasteiger partial charge on any atom is -0.325 e. The van der Waals surface area contributed by atoms with Gasteiger partial charge in [0.2, 0.25) is 15.9 Å². The minimum atomic E-state index is -4.06. The molecule has 0 saturated heterocycles. The van der Waals surface area contributed by atoms with Crippen molar-refractivity contribution in [1.29, 1.82) is 0 Å². The summed E-state index contributed by atoms with van der Waals surface area (Å²) in [7, 11) is -4.06. The lowest BCUT2D eigenvalue weighted by molar-refractivity contribution is -0.120. The molecule has 1 aliphatic rings. The number of benzene rings is 3. The number of ketones is 1. The molecule has 3 aromatic rings. The monoisotopic (exact) mass is 452 g/mol. The van der Waals surface area contributed by atoms with Crippen molar-refractivity contribution in [1.82, 2.24) is 4.31 Å². The molecule has 0 saturated carbocycles. The van der Waals surface area contributed by atoms with E-state index >= 15 is 0 Å². The molecule has 1 amide bonds. The molecule has 0 bridgehead atoms. The smallest absolute Gasteiger partial charge is 0.244 e. The van der Waals surface area contributed by atoms with Crippen molar-refractivity contribution in [2.75, 3.05) is 5.32 Å². The SMILES string of the molecule is CC(=O)c1ccc(NC(=O)[C@@H]2Cc3ccccc3CN2S(=O)(=O)c2ccc(F)cc2)cc1. The van der Waals surface area contributed by atoms with Crippen molar-refractivity contribution in [2.24, 2.45) is 0 Å². The Hall–Kier alpha value is -3.36. The number of fused-ring (bicyclic) bond motifs is 1. The highest BCUT2D eigenvalue weighted by atomic mass is 32.2. The van der Waals surface area contributed by atoms with E-state index in [4.69, 9.17) is 0 Å². The van der Waals surface area contributed by atoms with Crippen molar-refractivity contribution in [2.45, 2.75) is 30.8 Å². The van der Waals surface area contributed by atoms with Crippen LogP contribution in [0.5, 0.6) is 0 Å². The van der Waals surface area contributed by atoms with Gasteiger partial charge in [-0.25, -0.2) is 12.8 Å². The van der Waals surface area contributed by atoms with Crippen LogP contribution in [-0.4, -0.2) is 30.5 Å². The second-order valence-electron chi connectivity index (χ2n) is 7.62. The Labute approximate surface area is 185 Å². The molecule has 1 heterocycles. The van der Waals surface area contributed by atoms with Gasteiger partial charge in [0, 0.05) is 17.8 Å². The highest BCUT2D eigenvalue weighted by molar-refractivity contribution is 7.89. The third kappa shape index (κ3) is 4.32. The number of carbonyl (C=O) groups is 2. The molecule has 0 aromatic heterocycles. The number of anilines is 1. The van der Waals surface area contributed by atoms with Crippen LogP contribution in [0.4, 0.5) is 10.1 Å². The average Bonchev–Trinajstić information content (AvgIpc) is 2.78. The molecule has 8 heteroatoms. The summed E-state index contributed by atoms with van der Waals surface area (Å²) in [4.78, 5) is 24.6. The van der Waals surface area contributed by atoms with Crippen LogP contribution in [0.1, 0.15) is 28.4 Å². The lowest BCUT2D eigenvalue weighted by atomic mass is 9.95. The Morgan fingerprint density at radius 1 is 0.938 bits per heavy atom. The van der Waals surface area contributed by atoms with Crippen molar-refractivity contribution in [3.8, 4) is 0 Å². The first-order chi connectivity index (χ1) is 15.3. The van der Waals surface area contributed by atoms with Gasteiger partial charge in [0.1, 0.15) is 11.9 Å². The fourth-order valence-corrected chi connectivity index (χ4v) is 5.30. The summed E-state index contributed by atoms with van der Waals surface area (Å²) < 4.78 is 41.3. The van der Waals surface area contributed by atoms with Gasteiger partial charge in [0.15, 0.2) is 5.78 Å². The van der Waals surface area contributed by atoms with E-state index < -0.39 is 27.8 Å². The molecule has 1 N–H and O–H groups in total. The predicted octanol–water partition coefficient (Wildman–Crippen LogP) is 3.78. The van der Waals surface area contributed by atoms with Gasteiger partial charge in [-0.1, -0.05) is 24.3 Å². The Kier molecular flexibility index (Phi) is 5.90. The third-order valence-electron chi connectivity index (χ3n) is 5.49. The Morgan fingerprint density at radius 2 is 1.56 bits per heavy atom. The molecule has 3 aromatic carbocycles. The summed E-state index contributed by atoms with van der Waals surface area (Å²) in [5.41, 5.74) is 2.67. The van der Waals surface area contributed by atoms with E-state index in [9.17, 15) is 22.4 Å². The number of sulfonamides is 1. The Morgan fingerprint density at radius 3 is 2.19 bits per heavy atom. The van der Waals surface area contributed by atoms with E-state index in [1.807, 2.05) is 24.3 Å². The van der Waals surface area contributed by atoms with Gasteiger partial charge in [-0.15, -0.1) is 0 Å². The number of amides is 1. The van der Waals surface area contributed by atoms with E-state index in [0.717, 1.165) is 27.6 Å². The fraction of sp³-hybridized carbons (Fsp3) is 0.167. The highest BCUT2D eigenvalue weighted by Gasteiger charge is 2.39. The first-order valence-electron chi connectivity index (χ1n) is 10.0. The molecular formula is C24H21FN2O4S. The van der Waals surface area contributed by atoms with Gasteiger partial charge in [-0.2, -0.15) is 4.31 Å². The van der Waals surface area contributed by atoms with Gasteiger partial charge in [0.25, 0.3) is 0 Å². The number of halogens is 1. The second-order valence-corrected chi connectivity index (χ2v) is 9.51. The van der Waals surface area contributed by atoms with Gasteiger partial charge in [-0.05, 0) is 73.0 Å². The zero-order valence-corrected chi connectivity index (χ0v) is 18.1. The number of Topliss-reactive ketones (excluding diaryl/α,β-unsaturated/α-hetero) is 1. The van der Waals surface area contributed by atoms with E-state index in [2.05, 4.69) is 5.32 Å². The van der Waals surface area contributed by atoms with Crippen molar-refractivity contribution in [3.63, 3.8) is 0 Å². The zero-order valence-electron chi connectivity index (χ0n) is 17.3. The minimum absolute atomic E-state index is 0.0250. The fourth-order valence-electron chi connectivity index (χ4n) is 3.73. The maximum Gasteiger partial charge on any atom is 0.244 e. The van der Waals surface area contributed by atoms with Crippen LogP contribution in [0.2, 0.25) is 0 Å². The summed E-state index contributed by atoms with van der Waals surface area (Å²) in [6.45, 7) is 1.47. The Balaban J connectivity index is 1.67. The number of rotatable bonds is 5. The zero-order chi connectivity index (χ0) is 22.9. The van der Waals surface area contributed by atoms with Crippen molar-refractivity contribution >= 4 is 27.4 Å². The van der Waals surface area contributed by atoms with Gasteiger partial charge < -0.3 is 5.32 Å². The number of hydrogen-bond donors (Lipinski definition) is 1.